The van der Waals surface area contributed by atoms with Crippen LogP contribution in [0.25, 0.3) is 10.2 Å². The van der Waals surface area contributed by atoms with Crippen LogP contribution in [0.3, 0.4) is 0 Å². The first kappa shape index (κ1) is 29.8. The van der Waals surface area contributed by atoms with Crippen LogP contribution >= 0.6 is 11.3 Å². The number of thiazole rings is 1. The van der Waals surface area contributed by atoms with Crippen LogP contribution in [0.2, 0.25) is 0 Å². The zero-order valence-electron chi connectivity index (χ0n) is 24.1. The number of rotatable bonds is 4. The molecular formula is C30H38N4O7S. The molecule has 3 aliphatic rings. The summed E-state index contributed by atoms with van der Waals surface area (Å²) in [5.41, 5.74) is -1.36. The Morgan fingerprint density at radius 1 is 1.19 bits per heavy atom. The Labute approximate surface area is 248 Å². The fraction of sp³-hybridized carbons (Fsp3) is 0.567. The number of benzene rings is 1. The number of allylic oxidation sites excluding steroid dienone is 1. The molecule has 11 nitrogen and oxygen atoms in total. The van der Waals surface area contributed by atoms with Gasteiger partial charge in [0.25, 0.3) is 5.19 Å². The molecule has 1 aliphatic carbocycles. The number of para-hydroxylation sites is 1. The van der Waals surface area contributed by atoms with Crippen LogP contribution in [-0.4, -0.2) is 74.7 Å². The summed E-state index contributed by atoms with van der Waals surface area (Å²) in [7, 11) is 0. The maximum Gasteiger partial charge on any atom is 0.408 e. The summed E-state index contributed by atoms with van der Waals surface area (Å²) < 4.78 is 12.6. The zero-order chi connectivity index (χ0) is 30.1. The summed E-state index contributed by atoms with van der Waals surface area (Å²) in [5, 5.41) is 15.9. The molecule has 0 unspecified atom stereocenters. The second-order valence-electron chi connectivity index (χ2n) is 12.3. The topological polar surface area (TPSA) is 147 Å². The van der Waals surface area contributed by atoms with E-state index < -0.39 is 53.2 Å². The minimum absolute atomic E-state index is 0.0861. The SMILES string of the molecule is CC(C)(C)OC(=O)N[C@H]1CCCCC/C=C\[C@@H]2C[C@@]2(C(=O)O)NC(=O)[C@@H]2C[C@@H](Oc3nc4ccccc4s3)CN2C1=O. The van der Waals surface area contributed by atoms with Crippen molar-refractivity contribution in [3.8, 4) is 5.19 Å². The molecule has 0 spiro atoms. The fourth-order valence-corrected chi connectivity index (χ4v) is 6.52. The molecule has 12 heteroatoms. The Bertz CT molecular complexity index is 1350. The predicted octanol–water partition coefficient (Wildman–Crippen LogP) is 4.02. The minimum Gasteiger partial charge on any atom is -0.479 e. The average Bonchev–Trinajstić information content (AvgIpc) is 3.24. The highest BCUT2D eigenvalue weighted by Gasteiger charge is 2.61. The first-order valence-electron chi connectivity index (χ1n) is 14.5. The molecule has 42 heavy (non-hydrogen) atoms. The van der Waals surface area contributed by atoms with Gasteiger partial charge in [-0.3, -0.25) is 9.59 Å². The first-order chi connectivity index (χ1) is 19.9. The molecule has 3 amide bonds. The van der Waals surface area contributed by atoms with Crippen molar-refractivity contribution in [2.45, 2.75) is 95.0 Å². The maximum absolute atomic E-state index is 14.0. The highest BCUT2D eigenvalue weighted by molar-refractivity contribution is 7.20. The number of nitrogens with one attached hydrogen (secondary N) is 2. The van der Waals surface area contributed by atoms with Crippen LogP contribution in [0.15, 0.2) is 36.4 Å². The molecule has 2 aromatic rings. The summed E-state index contributed by atoms with van der Waals surface area (Å²) in [6.45, 7) is 5.31. The summed E-state index contributed by atoms with van der Waals surface area (Å²) in [6.07, 6.45) is 6.51. The number of carboxylic acids is 1. The van der Waals surface area contributed by atoms with Gasteiger partial charge in [-0.25, -0.2) is 14.6 Å². The van der Waals surface area contributed by atoms with Crippen LogP contribution in [0.5, 0.6) is 5.19 Å². The van der Waals surface area contributed by atoms with Gasteiger partial charge in [0.05, 0.1) is 16.8 Å². The van der Waals surface area contributed by atoms with Gasteiger partial charge in [0.2, 0.25) is 11.8 Å². The van der Waals surface area contributed by atoms with Crippen LogP contribution in [0.1, 0.15) is 65.7 Å². The van der Waals surface area contributed by atoms with E-state index in [9.17, 15) is 24.3 Å². The number of carboxylic acid groups (broad SMARTS) is 1. The Balaban J connectivity index is 1.41. The lowest BCUT2D eigenvalue weighted by atomic mass is 10.0. The van der Waals surface area contributed by atoms with Crippen molar-refractivity contribution in [2.24, 2.45) is 5.92 Å². The molecule has 226 valence electrons. The van der Waals surface area contributed by atoms with Gasteiger partial charge in [0, 0.05) is 12.3 Å². The molecule has 1 aromatic carbocycles. The van der Waals surface area contributed by atoms with Gasteiger partial charge in [-0.2, -0.15) is 0 Å². The number of carbonyl (C=O) groups excluding carboxylic acids is 3. The molecule has 3 heterocycles. The van der Waals surface area contributed by atoms with Crippen molar-refractivity contribution in [2.75, 3.05) is 6.54 Å². The molecule has 1 saturated heterocycles. The summed E-state index contributed by atoms with van der Waals surface area (Å²) in [4.78, 5) is 58.7. The lowest BCUT2D eigenvalue weighted by Gasteiger charge is -2.30. The number of fused-ring (bicyclic) bond motifs is 3. The quantitative estimate of drug-likeness (QED) is 0.447. The minimum atomic E-state index is -1.40. The number of hydrogen-bond donors (Lipinski definition) is 3. The Morgan fingerprint density at radius 2 is 1.98 bits per heavy atom. The van der Waals surface area contributed by atoms with E-state index in [1.54, 1.807) is 20.8 Å². The lowest BCUT2D eigenvalue weighted by molar-refractivity contribution is -0.145. The van der Waals surface area contributed by atoms with Crippen LogP contribution in [0, 0.1) is 5.92 Å². The Kier molecular flexibility index (Phi) is 8.45. The van der Waals surface area contributed by atoms with Crippen molar-refractivity contribution in [3.63, 3.8) is 0 Å². The maximum atomic E-state index is 14.0. The van der Waals surface area contributed by atoms with Crippen molar-refractivity contribution in [1.29, 1.82) is 0 Å². The van der Waals surface area contributed by atoms with Crippen LogP contribution < -0.4 is 15.4 Å². The molecule has 1 aromatic heterocycles. The smallest absolute Gasteiger partial charge is 0.408 e. The first-order valence-corrected chi connectivity index (χ1v) is 15.3. The van der Waals surface area contributed by atoms with E-state index in [1.165, 1.54) is 16.2 Å². The lowest BCUT2D eigenvalue weighted by Crippen LogP contribution is -2.56. The van der Waals surface area contributed by atoms with Gasteiger partial charge in [-0.15, -0.1) is 0 Å². The normalized spacial score (nSPS) is 29.4. The Hall–Kier alpha value is -3.67. The van der Waals surface area contributed by atoms with E-state index in [-0.39, 0.29) is 18.9 Å². The number of alkyl carbamates (subject to hydrolysis) is 1. The van der Waals surface area contributed by atoms with E-state index in [0.29, 0.717) is 24.5 Å². The van der Waals surface area contributed by atoms with Gasteiger partial charge < -0.3 is 30.1 Å². The summed E-state index contributed by atoms with van der Waals surface area (Å²) in [6, 6.07) is 5.72. The van der Waals surface area contributed by atoms with Crippen molar-refractivity contribution in [3.05, 3.63) is 36.4 Å². The predicted molar refractivity (Wildman–Crippen MR) is 156 cm³/mol. The standard InChI is InChI=1S/C30H38N4O7S/c1-29(2,3)41-27(39)31-21-13-8-6-4-5-7-11-18-16-30(18,26(37)38)33-24(35)22-15-19(17-34(22)25(21)36)40-28-32-20-12-9-10-14-23(20)42-28/h7,9-12,14,18-19,21-22H,4-6,8,13,15-17H2,1-3H3,(H,31,39)(H,33,35)(H,37,38)/b11-7-/t18-,19-,21+,22+,30-/m1/s1. The molecule has 5 atom stereocenters. The number of aliphatic carboxylic acids is 1. The number of nitrogens with zero attached hydrogens (tertiary/aromatic N) is 2. The van der Waals surface area contributed by atoms with Gasteiger partial charge in [-0.1, -0.05) is 48.5 Å². The van der Waals surface area contributed by atoms with Gasteiger partial charge >= 0.3 is 12.1 Å². The van der Waals surface area contributed by atoms with Crippen LogP contribution in [-0.2, 0) is 19.1 Å². The summed E-state index contributed by atoms with van der Waals surface area (Å²) in [5.74, 6) is -2.40. The largest absolute Gasteiger partial charge is 0.479 e. The second kappa shape index (κ2) is 11.9. The molecule has 0 bridgehead atoms. The molecule has 2 aliphatic heterocycles. The molecule has 2 fully saturated rings. The number of aromatic nitrogens is 1. The second-order valence-corrected chi connectivity index (χ2v) is 13.3. The van der Waals surface area contributed by atoms with E-state index in [0.717, 1.165) is 29.5 Å². The van der Waals surface area contributed by atoms with Crippen molar-refractivity contribution >= 4 is 45.4 Å². The van der Waals surface area contributed by atoms with E-state index in [1.807, 2.05) is 36.4 Å². The molecule has 5 rings (SSSR count). The highest BCUT2D eigenvalue weighted by Crippen LogP contribution is 2.45. The third kappa shape index (κ3) is 6.69. The molecular weight excluding hydrogens is 560 g/mol. The molecule has 1 saturated carbocycles. The average molecular weight is 599 g/mol. The third-order valence-electron chi connectivity index (χ3n) is 7.85. The fourth-order valence-electron chi connectivity index (χ4n) is 5.64. The van der Waals surface area contributed by atoms with Crippen molar-refractivity contribution < 1.29 is 33.8 Å². The number of carbonyl (C=O) groups is 4. The van der Waals surface area contributed by atoms with Crippen LogP contribution in [0.4, 0.5) is 4.79 Å². The zero-order valence-corrected chi connectivity index (χ0v) is 24.9. The van der Waals surface area contributed by atoms with Gasteiger partial charge in [0.15, 0.2) is 0 Å². The number of hydrogen-bond acceptors (Lipinski definition) is 8. The highest BCUT2D eigenvalue weighted by atomic mass is 32.1. The van der Waals surface area contributed by atoms with E-state index in [2.05, 4.69) is 15.6 Å². The van der Waals surface area contributed by atoms with Gasteiger partial charge in [-0.05, 0) is 58.6 Å². The van der Waals surface area contributed by atoms with Gasteiger partial charge in [0.1, 0.15) is 29.3 Å². The molecule has 0 radical (unpaired) electrons. The monoisotopic (exact) mass is 598 g/mol. The number of ether oxygens (including phenoxy) is 2. The molecule has 3 N–H and O–H groups in total. The van der Waals surface area contributed by atoms with E-state index >= 15 is 0 Å². The van der Waals surface area contributed by atoms with Crippen molar-refractivity contribution in [1.82, 2.24) is 20.5 Å². The Morgan fingerprint density at radius 3 is 2.71 bits per heavy atom. The third-order valence-corrected chi connectivity index (χ3v) is 8.78. The van der Waals surface area contributed by atoms with E-state index in [4.69, 9.17) is 9.47 Å². The number of amides is 3. The summed E-state index contributed by atoms with van der Waals surface area (Å²) >= 11 is 1.37.